The quantitative estimate of drug-likeness (QED) is 0.716. The maximum atomic E-state index is 5.91. The smallest absolute Gasteiger partial charge is 0.0825 e. The Labute approximate surface area is 123 Å². The molecule has 1 N–H and O–H groups in total. The number of aryl methyl sites for hydroxylation is 2. The van der Waals surface area contributed by atoms with Crippen LogP contribution in [0.5, 0.6) is 0 Å². The van der Waals surface area contributed by atoms with Crippen LogP contribution in [0.2, 0.25) is 0 Å². The van der Waals surface area contributed by atoms with Gasteiger partial charge in [-0.25, -0.2) is 0 Å². The third-order valence-electron chi connectivity index (χ3n) is 4.49. The Balaban J connectivity index is 2.75. The topological polar surface area (TPSA) is 39.1 Å². The first-order valence-electron chi connectivity index (χ1n) is 7.88. The fraction of sp³-hybridized carbons (Fsp3) is 0.812. The Morgan fingerprint density at radius 2 is 2.05 bits per heavy atom. The second-order valence-corrected chi connectivity index (χ2v) is 5.47. The lowest BCUT2D eigenvalue weighted by atomic mass is 9.85. The second-order valence-electron chi connectivity index (χ2n) is 5.47. The molecule has 0 aliphatic carbocycles. The molecule has 0 radical (unpaired) electrons. The van der Waals surface area contributed by atoms with Crippen molar-refractivity contribution in [1.29, 1.82) is 0 Å². The minimum Gasteiger partial charge on any atom is -0.377 e. The van der Waals surface area contributed by atoms with Crippen LogP contribution in [0.3, 0.4) is 0 Å². The molecule has 0 fully saturated rings. The minimum atomic E-state index is -0.0617. The van der Waals surface area contributed by atoms with Gasteiger partial charge in [0.25, 0.3) is 0 Å². The monoisotopic (exact) mass is 281 g/mol. The molecular formula is C16H31N3O. The fourth-order valence-corrected chi connectivity index (χ4v) is 2.98. The van der Waals surface area contributed by atoms with E-state index in [4.69, 9.17) is 4.74 Å². The van der Waals surface area contributed by atoms with Gasteiger partial charge in [-0.3, -0.25) is 4.68 Å². The number of hydrogen-bond acceptors (Lipinski definition) is 3. The first-order valence-corrected chi connectivity index (χ1v) is 7.88. The minimum absolute atomic E-state index is 0.0617. The molecular weight excluding hydrogens is 250 g/mol. The molecule has 0 spiro atoms. The van der Waals surface area contributed by atoms with Gasteiger partial charge in [0.2, 0.25) is 0 Å². The molecule has 1 aromatic heterocycles. The summed E-state index contributed by atoms with van der Waals surface area (Å²) in [5.74, 6) is 0. The summed E-state index contributed by atoms with van der Waals surface area (Å²) in [6.07, 6.45) is 7.19. The van der Waals surface area contributed by atoms with Crippen LogP contribution >= 0.6 is 0 Å². The molecule has 1 rings (SSSR count). The zero-order valence-corrected chi connectivity index (χ0v) is 13.8. The van der Waals surface area contributed by atoms with E-state index < -0.39 is 0 Å². The third kappa shape index (κ3) is 4.06. The van der Waals surface area contributed by atoms with Gasteiger partial charge in [-0.2, -0.15) is 5.10 Å². The standard InChI is InChI=1S/C16H31N3O/c1-6-12-17-15(16(7-2,8-3)20-5)10-9-14-11-13-18-19(14)4/h11,13,15,17H,6-10,12H2,1-5H3. The average molecular weight is 281 g/mol. The molecule has 0 bridgehead atoms. The van der Waals surface area contributed by atoms with Crippen molar-refractivity contribution in [2.24, 2.45) is 7.05 Å². The molecule has 1 aromatic rings. The van der Waals surface area contributed by atoms with Crippen molar-refractivity contribution in [2.75, 3.05) is 13.7 Å². The maximum Gasteiger partial charge on any atom is 0.0825 e. The van der Waals surface area contributed by atoms with Gasteiger partial charge >= 0.3 is 0 Å². The third-order valence-corrected chi connectivity index (χ3v) is 4.49. The van der Waals surface area contributed by atoms with E-state index in [-0.39, 0.29) is 5.60 Å². The lowest BCUT2D eigenvalue weighted by Crippen LogP contribution is -2.52. The van der Waals surface area contributed by atoms with Gasteiger partial charge in [-0.05, 0) is 44.7 Å². The number of nitrogens with zero attached hydrogens (tertiary/aromatic N) is 2. The van der Waals surface area contributed by atoms with Crippen molar-refractivity contribution in [2.45, 2.75) is 64.5 Å². The average Bonchev–Trinajstić information content (AvgIpc) is 2.88. The van der Waals surface area contributed by atoms with Crippen LogP contribution in [0.15, 0.2) is 12.3 Å². The van der Waals surface area contributed by atoms with E-state index in [1.54, 1.807) is 0 Å². The molecule has 0 aromatic carbocycles. The number of rotatable bonds is 10. The van der Waals surface area contributed by atoms with E-state index in [9.17, 15) is 0 Å². The Morgan fingerprint density at radius 1 is 1.35 bits per heavy atom. The molecule has 116 valence electrons. The molecule has 0 saturated heterocycles. The first kappa shape index (κ1) is 17.2. The highest BCUT2D eigenvalue weighted by Gasteiger charge is 2.35. The lowest BCUT2D eigenvalue weighted by Gasteiger charge is -2.39. The molecule has 4 nitrogen and oxygen atoms in total. The van der Waals surface area contributed by atoms with Gasteiger partial charge in [0.05, 0.1) is 5.60 Å². The zero-order chi connectivity index (χ0) is 15.0. The van der Waals surface area contributed by atoms with Crippen LogP contribution in [0.4, 0.5) is 0 Å². The highest BCUT2D eigenvalue weighted by atomic mass is 16.5. The summed E-state index contributed by atoms with van der Waals surface area (Å²) < 4.78 is 7.87. The second kappa shape index (κ2) is 8.42. The molecule has 1 atom stereocenters. The predicted octanol–water partition coefficient (Wildman–Crippen LogP) is 2.93. The summed E-state index contributed by atoms with van der Waals surface area (Å²) in [4.78, 5) is 0. The Kier molecular flexibility index (Phi) is 7.24. The molecule has 4 heteroatoms. The van der Waals surface area contributed by atoms with E-state index in [1.165, 1.54) is 5.69 Å². The molecule has 0 aliphatic rings. The fourth-order valence-electron chi connectivity index (χ4n) is 2.98. The van der Waals surface area contributed by atoms with Crippen molar-refractivity contribution in [1.82, 2.24) is 15.1 Å². The van der Waals surface area contributed by atoms with E-state index in [1.807, 2.05) is 25.0 Å². The number of hydrogen-bond donors (Lipinski definition) is 1. The normalized spacial score (nSPS) is 13.7. The van der Waals surface area contributed by atoms with Crippen LogP contribution in [0.25, 0.3) is 0 Å². The SMILES string of the molecule is CCCNC(CCc1ccnn1C)C(CC)(CC)OC. The summed E-state index contributed by atoms with van der Waals surface area (Å²) in [5, 5.41) is 7.93. The van der Waals surface area contributed by atoms with Crippen LogP contribution in [0.1, 0.15) is 52.1 Å². The van der Waals surface area contributed by atoms with E-state index in [0.717, 1.165) is 38.6 Å². The number of nitrogens with one attached hydrogen (secondary N) is 1. The summed E-state index contributed by atoms with van der Waals surface area (Å²) in [6, 6.07) is 2.49. The predicted molar refractivity (Wildman–Crippen MR) is 83.9 cm³/mol. The molecule has 0 aliphatic heterocycles. The molecule has 20 heavy (non-hydrogen) atoms. The summed E-state index contributed by atoms with van der Waals surface area (Å²) in [5.41, 5.74) is 1.22. The Hall–Kier alpha value is -0.870. The van der Waals surface area contributed by atoms with Gasteiger partial charge in [-0.1, -0.05) is 20.8 Å². The van der Waals surface area contributed by atoms with Crippen LogP contribution in [-0.4, -0.2) is 35.1 Å². The van der Waals surface area contributed by atoms with Crippen molar-refractivity contribution < 1.29 is 4.74 Å². The van der Waals surface area contributed by atoms with Crippen molar-refractivity contribution >= 4 is 0 Å². The van der Waals surface area contributed by atoms with Gasteiger partial charge in [0.15, 0.2) is 0 Å². The van der Waals surface area contributed by atoms with Gasteiger partial charge in [0, 0.05) is 32.1 Å². The van der Waals surface area contributed by atoms with Gasteiger partial charge < -0.3 is 10.1 Å². The number of aromatic nitrogens is 2. The maximum absolute atomic E-state index is 5.91. The Morgan fingerprint density at radius 3 is 2.50 bits per heavy atom. The summed E-state index contributed by atoms with van der Waals surface area (Å²) in [6.45, 7) is 7.69. The number of ether oxygens (including phenoxy) is 1. The lowest BCUT2D eigenvalue weighted by molar-refractivity contribution is -0.0493. The molecule has 1 heterocycles. The van der Waals surface area contributed by atoms with E-state index >= 15 is 0 Å². The summed E-state index contributed by atoms with van der Waals surface area (Å²) in [7, 11) is 3.85. The molecule has 0 amide bonds. The van der Waals surface area contributed by atoms with Gasteiger partial charge in [-0.15, -0.1) is 0 Å². The number of methoxy groups -OCH3 is 1. The highest BCUT2D eigenvalue weighted by molar-refractivity contribution is 5.02. The molecule has 1 unspecified atom stereocenters. The van der Waals surface area contributed by atoms with E-state index in [2.05, 4.69) is 37.3 Å². The van der Waals surface area contributed by atoms with Gasteiger partial charge in [0.1, 0.15) is 0 Å². The summed E-state index contributed by atoms with van der Waals surface area (Å²) >= 11 is 0. The van der Waals surface area contributed by atoms with Crippen molar-refractivity contribution in [3.05, 3.63) is 18.0 Å². The zero-order valence-electron chi connectivity index (χ0n) is 13.8. The highest BCUT2D eigenvalue weighted by Crippen LogP contribution is 2.27. The van der Waals surface area contributed by atoms with Crippen LogP contribution in [0, 0.1) is 0 Å². The van der Waals surface area contributed by atoms with Crippen LogP contribution in [-0.2, 0) is 18.2 Å². The first-order chi connectivity index (χ1) is 9.63. The van der Waals surface area contributed by atoms with Crippen LogP contribution < -0.4 is 5.32 Å². The molecule has 0 saturated carbocycles. The van der Waals surface area contributed by atoms with Crippen molar-refractivity contribution in [3.63, 3.8) is 0 Å². The van der Waals surface area contributed by atoms with E-state index in [0.29, 0.717) is 6.04 Å². The largest absolute Gasteiger partial charge is 0.377 e. The Bertz CT molecular complexity index is 363. The van der Waals surface area contributed by atoms with Crippen molar-refractivity contribution in [3.8, 4) is 0 Å².